The maximum atomic E-state index is 12.4. The van der Waals surface area contributed by atoms with Gasteiger partial charge < -0.3 is 15.8 Å². The third kappa shape index (κ3) is 4.83. The van der Waals surface area contributed by atoms with Gasteiger partial charge in [-0.05, 0) is 42.7 Å². The molecule has 2 bridgehead atoms. The SMILES string of the molecule is COC(=O)Nc1ccc2c(c1)NC(=O)CCCCC[C@H](N)c1cc-2ccn1. The monoisotopic (exact) mass is 368 g/mol. The summed E-state index contributed by atoms with van der Waals surface area (Å²) in [5, 5.41) is 5.59. The molecule has 142 valence electrons. The van der Waals surface area contributed by atoms with E-state index in [0.717, 1.165) is 42.5 Å². The Labute approximate surface area is 158 Å². The van der Waals surface area contributed by atoms with E-state index in [0.29, 0.717) is 17.8 Å². The normalized spacial score (nSPS) is 17.4. The van der Waals surface area contributed by atoms with E-state index in [2.05, 4.69) is 20.4 Å². The van der Waals surface area contributed by atoms with Crippen LogP contribution in [0.15, 0.2) is 36.5 Å². The number of carbonyl (C=O) groups excluding carboxylic acids is 2. The van der Waals surface area contributed by atoms with Crippen LogP contribution in [0.3, 0.4) is 0 Å². The van der Waals surface area contributed by atoms with Crippen LogP contribution in [0.5, 0.6) is 0 Å². The molecule has 2 aromatic rings. The number of rotatable bonds is 1. The fourth-order valence-electron chi connectivity index (χ4n) is 3.15. The fraction of sp³-hybridized carbons (Fsp3) is 0.350. The number of aromatic nitrogens is 1. The molecule has 0 saturated heterocycles. The Morgan fingerprint density at radius 3 is 2.93 bits per heavy atom. The molecule has 1 aromatic heterocycles. The zero-order chi connectivity index (χ0) is 19.2. The molecule has 1 aromatic carbocycles. The highest BCUT2D eigenvalue weighted by molar-refractivity contribution is 5.97. The summed E-state index contributed by atoms with van der Waals surface area (Å²) in [6.07, 6.45) is 5.16. The summed E-state index contributed by atoms with van der Waals surface area (Å²) < 4.78 is 4.63. The van der Waals surface area contributed by atoms with Gasteiger partial charge in [0, 0.05) is 29.9 Å². The minimum absolute atomic E-state index is 0.0516. The van der Waals surface area contributed by atoms with Gasteiger partial charge in [0.05, 0.1) is 18.5 Å². The van der Waals surface area contributed by atoms with Crippen LogP contribution in [-0.2, 0) is 9.53 Å². The molecule has 1 atom stereocenters. The standard InChI is InChI=1S/C20H24N4O3/c1-27-20(26)23-14-7-8-15-13-9-10-22-18(11-13)16(21)5-3-2-4-6-19(25)24-17(15)12-14/h7-12,16H,2-6,21H2,1H3,(H,23,26)(H,24,25)/t16-/m0/s1. The first-order valence-corrected chi connectivity index (χ1v) is 9.07. The molecule has 0 aliphatic carbocycles. The second-order valence-electron chi connectivity index (χ2n) is 6.60. The molecular weight excluding hydrogens is 344 g/mol. The number of benzene rings is 1. The van der Waals surface area contributed by atoms with Gasteiger partial charge in [-0.15, -0.1) is 0 Å². The molecule has 0 radical (unpaired) electrons. The molecule has 2 heterocycles. The van der Waals surface area contributed by atoms with Crippen molar-refractivity contribution < 1.29 is 14.3 Å². The summed E-state index contributed by atoms with van der Waals surface area (Å²) in [6.45, 7) is 0. The number of carbonyl (C=O) groups is 2. The van der Waals surface area contributed by atoms with E-state index in [-0.39, 0.29) is 11.9 Å². The van der Waals surface area contributed by atoms with Gasteiger partial charge in [-0.25, -0.2) is 4.79 Å². The minimum Gasteiger partial charge on any atom is -0.453 e. The number of hydrogen-bond acceptors (Lipinski definition) is 5. The van der Waals surface area contributed by atoms with Gasteiger partial charge in [0.2, 0.25) is 5.91 Å². The van der Waals surface area contributed by atoms with Crippen molar-refractivity contribution in [2.45, 2.75) is 38.1 Å². The third-order valence-corrected chi connectivity index (χ3v) is 4.62. The molecule has 0 unspecified atom stereocenters. The van der Waals surface area contributed by atoms with Gasteiger partial charge in [0.25, 0.3) is 0 Å². The van der Waals surface area contributed by atoms with E-state index in [4.69, 9.17) is 5.73 Å². The zero-order valence-corrected chi connectivity index (χ0v) is 15.3. The quantitative estimate of drug-likeness (QED) is 0.709. The van der Waals surface area contributed by atoms with Crippen LogP contribution in [0, 0.1) is 0 Å². The van der Waals surface area contributed by atoms with Crippen LogP contribution in [0.1, 0.15) is 43.8 Å². The molecule has 7 nitrogen and oxygen atoms in total. The molecule has 0 saturated carbocycles. The highest BCUT2D eigenvalue weighted by Gasteiger charge is 2.15. The van der Waals surface area contributed by atoms with E-state index in [1.54, 1.807) is 18.3 Å². The molecule has 0 spiro atoms. The van der Waals surface area contributed by atoms with Crippen molar-refractivity contribution in [1.82, 2.24) is 4.98 Å². The summed E-state index contributed by atoms with van der Waals surface area (Å²) in [6, 6.07) is 9.06. The maximum Gasteiger partial charge on any atom is 0.411 e. The summed E-state index contributed by atoms with van der Waals surface area (Å²) in [5.74, 6) is -0.0516. The lowest BCUT2D eigenvalue weighted by molar-refractivity contribution is -0.116. The van der Waals surface area contributed by atoms with Crippen molar-refractivity contribution >= 4 is 23.4 Å². The minimum atomic E-state index is -0.567. The number of nitrogens with two attached hydrogens (primary N) is 1. The summed E-state index contributed by atoms with van der Waals surface area (Å²) >= 11 is 0. The Bertz CT molecular complexity index is 838. The lowest BCUT2D eigenvalue weighted by Crippen LogP contribution is -2.14. The number of pyridine rings is 1. The third-order valence-electron chi connectivity index (χ3n) is 4.62. The number of nitrogens with one attached hydrogen (secondary N) is 2. The topological polar surface area (TPSA) is 106 Å². The van der Waals surface area contributed by atoms with Crippen molar-refractivity contribution in [2.24, 2.45) is 5.73 Å². The van der Waals surface area contributed by atoms with E-state index < -0.39 is 6.09 Å². The average molecular weight is 368 g/mol. The highest BCUT2D eigenvalue weighted by Crippen LogP contribution is 2.32. The predicted octanol–water partition coefficient (Wildman–Crippen LogP) is 3.83. The molecule has 2 amide bonds. The van der Waals surface area contributed by atoms with Gasteiger partial charge >= 0.3 is 6.09 Å². The first kappa shape index (κ1) is 18.8. The Morgan fingerprint density at radius 2 is 2.11 bits per heavy atom. The Morgan fingerprint density at radius 1 is 1.26 bits per heavy atom. The lowest BCUT2D eigenvalue weighted by atomic mass is 10.00. The average Bonchev–Trinajstić information content (AvgIpc) is 2.67. The number of methoxy groups -OCH3 is 1. The lowest BCUT2D eigenvalue weighted by Gasteiger charge is -2.15. The molecule has 0 fully saturated rings. The number of fused-ring (bicyclic) bond motifs is 4. The predicted molar refractivity (Wildman–Crippen MR) is 104 cm³/mol. The van der Waals surface area contributed by atoms with Crippen LogP contribution in [0.4, 0.5) is 16.2 Å². The maximum absolute atomic E-state index is 12.4. The highest BCUT2D eigenvalue weighted by atomic mass is 16.5. The van der Waals surface area contributed by atoms with Gasteiger partial charge in [-0.1, -0.05) is 18.9 Å². The number of hydrogen-bond donors (Lipinski definition) is 3. The van der Waals surface area contributed by atoms with Crippen LogP contribution < -0.4 is 16.4 Å². The van der Waals surface area contributed by atoms with Crippen molar-refractivity contribution in [1.29, 1.82) is 0 Å². The van der Waals surface area contributed by atoms with E-state index in [9.17, 15) is 9.59 Å². The van der Waals surface area contributed by atoms with Gasteiger partial charge in [-0.3, -0.25) is 15.1 Å². The van der Waals surface area contributed by atoms with Crippen molar-refractivity contribution in [3.05, 3.63) is 42.2 Å². The van der Waals surface area contributed by atoms with E-state index >= 15 is 0 Å². The molecule has 1 aliphatic rings. The Balaban J connectivity index is 2.03. The summed E-state index contributed by atoms with van der Waals surface area (Å²) in [7, 11) is 1.30. The van der Waals surface area contributed by atoms with Crippen LogP contribution in [0.25, 0.3) is 11.1 Å². The van der Waals surface area contributed by atoms with Crippen LogP contribution >= 0.6 is 0 Å². The smallest absolute Gasteiger partial charge is 0.411 e. The largest absolute Gasteiger partial charge is 0.453 e. The number of amides is 2. The molecule has 27 heavy (non-hydrogen) atoms. The molecule has 1 aliphatic heterocycles. The number of ether oxygens (including phenoxy) is 1. The summed E-state index contributed by atoms with van der Waals surface area (Å²) in [5.41, 5.74) is 10.0. The Kier molecular flexibility index (Phi) is 6.03. The van der Waals surface area contributed by atoms with Gasteiger partial charge in [0.15, 0.2) is 0 Å². The van der Waals surface area contributed by atoms with Gasteiger partial charge in [-0.2, -0.15) is 0 Å². The zero-order valence-electron chi connectivity index (χ0n) is 15.3. The van der Waals surface area contributed by atoms with Crippen molar-refractivity contribution in [3.63, 3.8) is 0 Å². The van der Waals surface area contributed by atoms with E-state index in [1.807, 2.05) is 18.2 Å². The Hall–Kier alpha value is -2.93. The summed E-state index contributed by atoms with van der Waals surface area (Å²) in [4.78, 5) is 28.3. The molecular formula is C20H24N4O3. The van der Waals surface area contributed by atoms with E-state index in [1.165, 1.54) is 7.11 Å². The second kappa shape index (κ2) is 8.64. The van der Waals surface area contributed by atoms with Crippen molar-refractivity contribution in [2.75, 3.05) is 17.7 Å². The first-order chi connectivity index (χ1) is 13.1. The van der Waals surface area contributed by atoms with Crippen LogP contribution in [0.2, 0.25) is 0 Å². The molecule has 3 rings (SSSR count). The second-order valence-corrected chi connectivity index (χ2v) is 6.60. The first-order valence-electron chi connectivity index (χ1n) is 9.07. The number of anilines is 2. The number of nitrogens with zero attached hydrogens (tertiary/aromatic N) is 1. The van der Waals surface area contributed by atoms with Crippen LogP contribution in [-0.4, -0.2) is 24.1 Å². The molecule has 4 N–H and O–H groups in total. The molecule has 7 heteroatoms. The fourth-order valence-corrected chi connectivity index (χ4v) is 3.15. The van der Waals surface area contributed by atoms with Crippen molar-refractivity contribution in [3.8, 4) is 11.1 Å². The van der Waals surface area contributed by atoms with Gasteiger partial charge in [0.1, 0.15) is 0 Å².